The predicted molar refractivity (Wildman–Crippen MR) is 143 cm³/mol. The summed E-state index contributed by atoms with van der Waals surface area (Å²) in [7, 11) is 1.42. The summed E-state index contributed by atoms with van der Waals surface area (Å²) in [5.74, 6) is -1.92. The first kappa shape index (κ1) is 30.0. The lowest BCUT2D eigenvalue weighted by molar-refractivity contribution is -0.154. The van der Waals surface area contributed by atoms with Gasteiger partial charge in [-0.3, -0.25) is 14.4 Å². The highest BCUT2D eigenvalue weighted by Gasteiger charge is 2.32. The van der Waals surface area contributed by atoms with Gasteiger partial charge in [-0.1, -0.05) is 71.7 Å². The van der Waals surface area contributed by atoms with E-state index in [2.05, 4.69) is 37.9 Å². The number of aromatic nitrogens is 1. The molecule has 0 N–H and O–H groups in total. The highest BCUT2D eigenvalue weighted by molar-refractivity contribution is 6.00. The van der Waals surface area contributed by atoms with Crippen molar-refractivity contribution in [3.63, 3.8) is 0 Å². The number of Topliss-reactive ketones (excluding diaryl/α,β-unsaturated/α-hetero) is 1. The molecule has 0 radical (unpaired) electrons. The average molecular weight is 512 g/mol. The molecule has 0 aliphatic heterocycles. The maximum absolute atomic E-state index is 13.2. The van der Waals surface area contributed by atoms with Gasteiger partial charge in [0.15, 0.2) is 17.2 Å². The van der Waals surface area contributed by atoms with Crippen molar-refractivity contribution in [1.82, 2.24) is 4.98 Å². The Kier molecular flexibility index (Phi) is 11.3. The third-order valence-electron chi connectivity index (χ3n) is 6.83. The van der Waals surface area contributed by atoms with Crippen molar-refractivity contribution in [3.05, 3.63) is 53.3 Å². The lowest BCUT2D eigenvalue weighted by Crippen LogP contribution is -2.31. The van der Waals surface area contributed by atoms with Crippen LogP contribution in [-0.2, 0) is 14.3 Å². The maximum Gasteiger partial charge on any atom is 0.313 e. The van der Waals surface area contributed by atoms with Gasteiger partial charge in [0.05, 0.1) is 18.9 Å². The van der Waals surface area contributed by atoms with E-state index in [0.29, 0.717) is 5.92 Å². The van der Waals surface area contributed by atoms with E-state index in [9.17, 15) is 14.4 Å². The number of hydrogen-bond donors (Lipinski definition) is 0. The fourth-order valence-electron chi connectivity index (χ4n) is 4.59. The molecule has 0 saturated heterocycles. The summed E-state index contributed by atoms with van der Waals surface area (Å²) in [6.45, 7) is 13.4. The molecule has 0 fully saturated rings. The van der Waals surface area contributed by atoms with Crippen LogP contribution in [0, 0.1) is 24.7 Å². The molecule has 202 valence electrons. The fourth-order valence-corrected chi connectivity index (χ4v) is 4.59. The SMILES string of the molecule is CCC(CC)[C@@H](c1ccccc1C)[C@H](C)OC(=O)[C@H](C)CC(=O)c1nccc(OC)c1OC(=O)C(C)C. The molecule has 7 heteroatoms. The lowest BCUT2D eigenvalue weighted by atomic mass is 9.78. The maximum atomic E-state index is 13.2. The van der Waals surface area contributed by atoms with Crippen LogP contribution in [0.3, 0.4) is 0 Å². The molecule has 0 bridgehead atoms. The van der Waals surface area contributed by atoms with Crippen molar-refractivity contribution in [1.29, 1.82) is 0 Å². The Hall–Kier alpha value is -3.22. The van der Waals surface area contributed by atoms with Gasteiger partial charge in [0.1, 0.15) is 6.10 Å². The summed E-state index contributed by atoms with van der Waals surface area (Å²) in [5, 5.41) is 0. The molecule has 0 saturated carbocycles. The largest absolute Gasteiger partial charge is 0.493 e. The smallest absolute Gasteiger partial charge is 0.313 e. The van der Waals surface area contributed by atoms with E-state index in [1.54, 1.807) is 20.8 Å². The standard InChI is InChI=1S/C30H41NO6/c1-9-22(10-2)26(23-14-12-11-13-19(23)5)21(7)36-30(34)20(6)17-24(32)27-28(37-29(33)18(3)4)25(35-8)15-16-31-27/h11-16,18,20-22,26H,9-10,17H2,1-8H3/t20-,21+,26+/m1/s1. The summed E-state index contributed by atoms with van der Waals surface area (Å²) in [4.78, 5) is 42.6. The van der Waals surface area contributed by atoms with Gasteiger partial charge in [-0.2, -0.15) is 0 Å². The zero-order valence-electron chi connectivity index (χ0n) is 23.4. The number of ketones is 1. The molecule has 0 spiro atoms. The molecule has 2 aromatic rings. The Labute approximate surface area is 220 Å². The van der Waals surface area contributed by atoms with Crippen LogP contribution in [0.1, 0.15) is 88.3 Å². The second kappa shape index (κ2) is 13.9. The van der Waals surface area contributed by atoms with Crippen LogP contribution < -0.4 is 9.47 Å². The molecule has 0 amide bonds. The third-order valence-corrected chi connectivity index (χ3v) is 6.83. The molecular formula is C30H41NO6. The first-order valence-electron chi connectivity index (χ1n) is 13.1. The quantitative estimate of drug-likeness (QED) is 0.229. The number of rotatable bonds is 13. The summed E-state index contributed by atoms with van der Waals surface area (Å²) in [5.41, 5.74) is 2.30. The van der Waals surface area contributed by atoms with Crippen molar-refractivity contribution in [2.75, 3.05) is 7.11 Å². The number of hydrogen-bond acceptors (Lipinski definition) is 7. The second-order valence-electron chi connectivity index (χ2n) is 9.90. The van der Waals surface area contributed by atoms with Crippen molar-refractivity contribution < 1.29 is 28.6 Å². The molecule has 1 aromatic heterocycles. The minimum absolute atomic E-state index is 0.0315. The lowest BCUT2D eigenvalue weighted by Gasteiger charge is -2.32. The van der Waals surface area contributed by atoms with Crippen LogP contribution in [0.2, 0.25) is 0 Å². The van der Waals surface area contributed by atoms with Gasteiger partial charge in [0.25, 0.3) is 0 Å². The molecule has 0 unspecified atom stereocenters. The third kappa shape index (κ3) is 7.63. The van der Waals surface area contributed by atoms with Crippen molar-refractivity contribution in [3.8, 4) is 11.5 Å². The number of aryl methyl sites for hydroxylation is 1. The molecule has 0 aliphatic rings. The van der Waals surface area contributed by atoms with E-state index in [1.807, 2.05) is 19.1 Å². The molecule has 1 heterocycles. The van der Waals surface area contributed by atoms with Crippen molar-refractivity contribution in [2.24, 2.45) is 17.8 Å². The molecular weight excluding hydrogens is 470 g/mol. The first-order valence-corrected chi connectivity index (χ1v) is 13.1. The Morgan fingerprint density at radius 3 is 2.16 bits per heavy atom. The van der Waals surface area contributed by atoms with Crippen LogP contribution >= 0.6 is 0 Å². The van der Waals surface area contributed by atoms with Crippen molar-refractivity contribution in [2.45, 2.75) is 79.8 Å². The zero-order chi connectivity index (χ0) is 27.7. The average Bonchev–Trinajstić information content (AvgIpc) is 2.87. The van der Waals surface area contributed by atoms with E-state index in [1.165, 1.54) is 24.9 Å². The van der Waals surface area contributed by atoms with E-state index in [0.717, 1.165) is 18.4 Å². The van der Waals surface area contributed by atoms with Gasteiger partial charge >= 0.3 is 11.9 Å². The van der Waals surface area contributed by atoms with Gasteiger partial charge in [0, 0.05) is 24.6 Å². The predicted octanol–water partition coefficient (Wildman–Crippen LogP) is 6.32. The number of pyridine rings is 1. The molecule has 7 nitrogen and oxygen atoms in total. The number of esters is 2. The summed E-state index contributed by atoms with van der Waals surface area (Å²) in [6.07, 6.45) is 2.83. The molecule has 37 heavy (non-hydrogen) atoms. The Bertz CT molecular complexity index is 1080. The molecule has 1 aromatic carbocycles. The molecule has 0 aliphatic carbocycles. The monoisotopic (exact) mass is 511 g/mol. The summed E-state index contributed by atoms with van der Waals surface area (Å²) in [6, 6.07) is 9.71. The topological polar surface area (TPSA) is 91.8 Å². The highest BCUT2D eigenvalue weighted by atomic mass is 16.6. The first-order chi connectivity index (χ1) is 17.5. The van der Waals surface area contributed by atoms with E-state index < -0.39 is 29.6 Å². The molecule has 3 atom stereocenters. The van der Waals surface area contributed by atoms with Gasteiger partial charge in [0.2, 0.25) is 5.75 Å². The van der Waals surface area contributed by atoms with Crippen LogP contribution in [0.15, 0.2) is 36.5 Å². The van der Waals surface area contributed by atoms with Gasteiger partial charge < -0.3 is 14.2 Å². The zero-order valence-corrected chi connectivity index (χ0v) is 23.4. The number of benzene rings is 1. The highest BCUT2D eigenvalue weighted by Crippen LogP contribution is 2.36. The fraction of sp³-hybridized carbons (Fsp3) is 0.533. The van der Waals surface area contributed by atoms with Crippen LogP contribution in [0.4, 0.5) is 0 Å². The van der Waals surface area contributed by atoms with E-state index >= 15 is 0 Å². The summed E-state index contributed by atoms with van der Waals surface area (Å²) < 4.78 is 16.7. The van der Waals surface area contributed by atoms with Crippen LogP contribution in [0.5, 0.6) is 11.5 Å². The van der Waals surface area contributed by atoms with Gasteiger partial charge in [-0.25, -0.2) is 4.98 Å². The number of ether oxygens (including phenoxy) is 3. The number of carbonyl (C=O) groups excluding carboxylic acids is 3. The minimum atomic E-state index is -0.712. The van der Waals surface area contributed by atoms with E-state index in [4.69, 9.17) is 14.2 Å². The van der Waals surface area contributed by atoms with Crippen LogP contribution in [0.25, 0.3) is 0 Å². The van der Waals surface area contributed by atoms with Crippen molar-refractivity contribution >= 4 is 17.7 Å². The minimum Gasteiger partial charge on any atom is -0.493 e. The summed E-state index contributed by atoms with van der Waals surface area (Å²) >= 11 is 0. The molecule has 2 rings (SSSR count). The Morgan fingerprint density at radius 1 is 0.946 bits per heavy atom. The number of methoxy groups -OCH3 is 1. The van der Waals surface area contributed by atoms with Gasteiger partial charge in [-0.05, 0) is 30.9 Å². The van der Waals surface area contributed by atoms with Crippen LogP contribution in [-0.4, -0.2) is 35.9 Å². The normalized spacial score (nSPS) is 13.7. The second-order valence-corrected chi connectivity index (χ2v) is 9.90. The Morgan fingerprint density at radius 2 is 1.59 bits per heavy atom. The van der Waals surface area contributed by atoms with Gasteiger partial charge in [-0.15, -0.1) is 0 Å². The Balaban J connectivity index is 2.22. The van der Waals surface area contributed by atoms with E-state index in [-0.39, 0.29) is 35.6 Å². The number of carbonyl (C=O) groups is 3. The number of nitrogens with zero attached hydrogens (tertiary/aromatic N) is 1.